The molecule has 2 aliphatic heterocycles. The number of hydrogen-bond acceptors (Lipinski definition) is 7. The molecule has 2 aliphatic rings. The number of piperazine rings is 1. The predicted octanol–water partition coefficient (Wildman–Crippen LogP) is 0.732. The lowest BCUT2D eigenvalue weighted by Gasteiger charge is -2.39. The number of carbonyl (C=O) groups is 1. The molecular weight excluding hydrogens is 384 g/mol. The number of aromatic nitrogens is 1. The Hall–Kier alpha value is -1.91. The van der Waals surface area contributed by atoms with Gasteiger partial charge in [0.1, 0.15) is 0 Å². The predicted molar refractivity (Wildman–Crippen MR) is 104 cm³/mol. The van der Waals surface area contributed by atoms with E-state index in [1.807, 2.05) is 6.07 Å². The molecule has 3 heterocycles. The summed E-state index contributed by atoms with van der Waals surface area (Å²) in [6, 6.07) is 3.71. The third-order valence-corrected chi connectivity index (χ3v) is 7.19. The molecule has 3 rings (SSSR count). The van der Waals surface area contributed by atoms with Crippen LogP contribution in [0.5, 0.6) is 5.88 Å². The molecule has 9 nitrogen and oxygen atoms in total. The Bertz CT molecular complexity index is 763. The topological polar surface area (TPSA) is 92.3 Å². The van der Waals surface area contributed by atoms with Crippen LogP contribution in [0.1, 0.15) is 19.8 Å². The lowest BCUT2D eigenvalue weighted by atomic mass is 10.0. The van der Waals surface area contributed by atoms with Crippen molar-refractivity contribution in [2.24, 2.45) is 5.92 Å². The van der Waals surface area contributed by atoms with Crippen molar-refractivity contribution in [3.8, 4) is 5.88 Å². The number of nitrogens with zero attached hydrogens (tertiary/aromatic N) is 4. The van der Waals surface area contributed by atoms with E-state index in [2.05, 4.69) is 9.88 Å². The van der Waals surface area contributed by atoms with Crippen molar-refractivity contribution in [2.45, 2.75) is 19.8 Å². The van der Waals surface area contributed by atoms with Gasteiger partial charge in [0.15, 0.2) is 0 Å². The number of esters is 1. The maximum absolute atomic E-state index is 13.0. The Balaban J connectivity index is 1.60. The van der Waals surface area contributed by atoms with Gasteiger partial charge < -0.3 is 14.4 Å². The van der Waals surface area contributed by atoms with Crippen LogP contribution >= 0.6 is 0 Å². The lowest BCUT2D eigenvalue weighted by Crippen LogP contribution is -2.55. The van der Waals surface area contributed by atoms with E-state index >= 15 is 0 Å². The van der Waals surface area contributed by atoms with E-state index in [1.54, 1.807) is 26.3 Å². The molecule has 0 amide bonds. The second-order valence-electron chi connectivity index (χ2n) is 6.90. The first-order valence-electron chi connectivity index (χ1n) is 9.62. The van der Waals surface area contributed by atoms with Gasteiger partial charge in [0, 0.05) is 45.3 Å². The summed E-state index contributed by atoms with van der Waals surface area (Å²) in [5.41, 5.74) is 0.943. The zero-order valence-corrected chi connectivity index (χ0v) is 17.2. The molecule has 1 aromatic rings. The van der Waals surface area contributed by atoms with Gasteiger partial charge in [-0.1, -0.05) is 0 Å². The smallest absolute Gasteiger partial charge is 0.310 e. The van der Waals surface area contributed by atoms with Crippen LogP contribution in [0.4, 0.5) is 5.69 Å². The summed E-state index contributed by atoms with van der Waals surface area (Å²) in [5, 5.41) is 0. The molecule has 0 radical (unpaired) electrons. The highest BCUT2D eigenvalue weighted by atomic mass is 32.2. The van der Waals surface area contributed by atoms with E-state index < -0.39 is 10.2 Å². The summed E-state index contributed by atoms with van der Waals surface area (Å²) < 4.78 is 39.2. The summed E-state index contributed by atoms with van der Waals surface area (Å²) in [6.07, 6.45) is 3.07. The average molecular weight is 413 g/mol. The van der Waals surface area contributed by atoms with Gasteiger partial charge in [0.2, 0.25) is 5.88 Å². The zero-order chi connectivity index (χ0) is 20.1. The fourth-order valence-corrected chi connectivity index (χ4v) is 5.30. The van der Waals surface area contributed by atoms with Gasteiger partial charge in [0.25, 0.3) is 10.2 Å². The standard InChI is InChI=1S/C18H28N4O5S/c1-3-27-18(23)15-5-4-8-22(14-15)28(24,25)21-11-9-20(10-12-21)16-6-7-17(26-2)19-13-16/h6-7,13,15H,3-5,8-12,14H2,1-2H3. The summed E-state index contributed by atoms with van der Waals surface area (Å²) in [5.74, 6) is -0.138. The molecule has 0 bridgehead atoms. The Morgan fingerprint density at radius 1 is 1.18 bits per heavy atom. The van der Waals surface area contributed by atoms with Crippen molar-refractivity contribution < 1.29 is 22.7 Å². The SMILES string of the molecule is CCOC(=O)C1CCCN(S(=O)(=O)N2CCN(c3ccc(OC)nc3)CC2)C1. The fourth-order valence-electron chi connectivity index (χ4n) is 3.63. The maximum Gasteiger partial charge on any atom is 0.310 e. The fraction of sp³-hybridized carbons (Fsp3) is 0.667. The van der Waals surface area contributed by atoms with Gasteiger partial charge in [-0.25, -0.2) is 4.98 Å². The van der Waals surface area contributed by atoms with E-state index in [0.29, 0.717) is 58.1 Å². The van der Waals surface area contributed by atoms with Gasteiger partial charge in [0.05, 0.1) is 31.5 Å². The minimum Gasteiger partial charge on any atom is -0.481 e. The Morgan fingerprint density at radius 2 is 1.93 bits per heavy atom. The first kappa shape index (κ1) is 20.8. The monoisotopic (exact) mass is 412 g/mol. The van der Waals surface area contributed by atoms with Crippen LogP contribution in [-0.4, -0.2) is 81.0 Å². The highest BCUT2D eigenvalue weighted by Gasteiger charge is 2.37. The molecule has 0 aromatic carbocycles. The number of piperidine rings is 1. The van der Waals surface area contributed by atoms with E-state index in [0.717, 1.165) is 5.69 Å². The number of anilines is 1. The molecule has 2 fully saturated rings. The van der Waals surface area contributed by atoms with Crippen molar-refractivity contribution in [2.75, 3.05) is 57.9 Å². The van der Waals surface area contributed by atoms with Crippen LogP contribution in [0.25, 0.3) is 0 Å². The Morgan fingerprint density at radius 3 is 2.54 bits per heavy atom. The number of hydrogen-bond donors (Lipinski definition) is 0. The van der Waals surface area contributed by atoms with Gasteiger partial charge in [-0.3, -0.25) is 4.79 Å². The molecule has 1 aromatic heterocycles. The number of ether oxygens (including phenoxy) is 2. The zero-order valence-electron chi connectivity index (χ0n) is 16.4. The number of methoxy groups -OCH3 is 1. The van der Waals surface area contributed by atoms with E-state index in [9.17, 15) is 13.2 Å². The number of rotatable bonds is 6. The molecule has 156 valence electrons. The number of pyridine rings is 1. The van der Waals surface area contributed by atoms with Gasteiger partial charge in [-0.15, -0.1) is 0 Å². The van der Waals surface area contributed by atoms with Crippen molar-refractivity contribution in [3.05, 3.63) is 18.3 Å². The molecule has 2 saturated heterocycles. The third-order valence-electron chi connectivity index (χ3n) is 5.19. The summed E-state index contributed by atoms with van der Waals surface area (Å²) in [6.45, 7) is 4.68. The second kappa shape index (κ2) is 9.06. The molecule has 1 atom stereocenters. The molecule has 0 spiro atoms. The summed E-state index contributed by atoms with van der Waals surface area (Å²) in [7, 11) is -2.02. The lowest BCUT2D eigenvalue weighted by molar-refractivity contribution is -0.149. The second-order valence-corrected chi connectivity index (χ2v) is 8.83. The maximum atomic E-state index is 13.0. The summed E-state index contributed by atoms with van der Waals surface area (Å²) in [4.78, 5) is 18.3. The summed E-state index contributed by atoms with van der Waals surface area (Å²) >= 11 is 0. The van der Waals surface area contributed by atoms with Crippen molar-refractivity contribution in [1.29, 1.82) is 0 Å². The third kappa shape index (κ3) is 4.56. The molecule has 28 heavy (non-hydrogen) atoms. The Labute approximate surface area is 166 Å². The van der Waals surface area contributed by atoms with Crippen LogP contribution < -0.4 is 9.64 Å². The van der Waals surface area contributed by atoms with Crippen molar-refractivity contribution >= 4 is 21.9 Å². The van der Waals surface area contributed by atoms with Crippen molar-refractivity contribution in [3.63, 3.8) is 0 Å². The van der Waals surface area contributed by atoms with Crippen LogP contribution in [0.15, 0.2) is 18.3 Å². The molecule has 0 aliphatic carbocycles. The van der Waals surface area contributed by atoms with Crippen LogP contribution in [0.2, 0.25) is 0 Å². The highest BCUT2D eigenvalue weighted by molar-refractivity contribution is 7.86. The van der Waals surface area contributed by atoms with E-state index in [-0.39, 0.29) is 18.4 Å². The van der Waals surface area contributed by atoms with Gasteiger partial charge in [-0.05, 0) is 25.8 Å². The van der Waals surface area contributed by atoms with Crippen molar-refractivity contribution in [1.82, 2.24) is 13.6 Å². The molecule has 0 N–H and O–H groups in total. The minimum absolute atomic E-state index is 0.198. The number of carbonyl (C=O) groups excluding carboxylic acids is 1. The molecular formula is C18H28N4O5S. The van der Waals surface area contributed by atoms with E-state index in [4.69, 9.17) is 9.47 Å². The largest absolute Gasteiger partial charge is 0.481 e. The first-order valence-corrected chi connectivity index (χ1v) is 11.0. The Kier molecular flexibility index (Phi) is 6.73. The molecule has 1 unspecified atom stereocenters. The quantitative estimate of drug-likeness (QED) is 0.636. The average Bonchev–Trinajstić information content (AvgIpc) is 2.74. The highest BCUT2D eigenvalue weighted by Crippen LogP contribution is 2.24. The first-order chi connectivity index (χ1) is 13.5. The van der Waals surface area contributed by atoms with Crippen LogP contribution in [0.3, 0.4) is 0 Å². The minimum atomic E-state index is -3.59. The van der Waals surface area contributed by atoms with Crippen LogP contribution in [-0.2, 0) is 19.7 Å². The van der Waals surface area contributed by atoms with Gasteiger partial charge in [-0.2, -0.15) is 17.0 Å². The van der Waals surface area contributed by atoms with E-state index in [1.165, 1.54) is 8.61 Å². The molecule has 0 saturated carbocycles. The molecule has 10 heteroatoms. The van der Waals surface area contributed by atoms with Gasteiger partial charge >= 0.3 is 5.97 Å². The normalized spacial score (nSPS) is 22.1. The van der Waals surface area contributed by atoms with Crippen LogP contribution in [0, 0.1) is 5.92 Å².